The van der Waals surface area contributed by atoms with Crippen LogP contribution in [0.15, 0.2) is 34.5 Å². The van der Waals surface area contributed by atoms with Crippen molar-refractivity contribution in [3.8, 4) is 0 Å². The van der Waals surface area contributed by atoms with Gasteiger partial charge in [0.1, 0.15) is 0 Å². The van der Waals surface area contributed by atoms with Crippen LogP contribution in [0.1, 0.15) is 37.0 Å². The van der Waals surface area contributed by atoms with Gasteiger partial charge in [0.15, 0.2) is 0 Å². The lowest BCUT2D eigenvalue weighted by Gasteiger charge is -2.14. The van der Waals surface area contributed by atoms with Gasteiger partial charge < -0.3 is 9.84 Å². The third-order valence-electron chi connectivity index (χ3n) is 3.69. The average molecular weight is 302 g/mol. The van der Waals surface area contributed by atoms with E-state index in [0.29, 0.717) is 24.5 Å². The van der Waals surface area contributed by atoms with Crippen molar-refractivity contribution >= 4 is 11.9 Å². The van der Waals surface area contributed by atoms with E-state index in [1.807, 2.05) is 45.9 Å². The van der Waals surface area contributed by atoms with Gasteiger partial charge in [-0.3, -0.25) is 10.4 Å². The Bertz CT molecular complexity index is 568. The predicted molar refractivity (Wildman–Crippen MR) is 92.5 cm³/mol. The highest BCUT2D eigenvalue weighted by Crippen LogP contribution is 2.15. The van der Waals surface area contributed by atoms with Crippen LogP contribution in [0.3, 0.4) is 0 Å². The van der Waals surface area contributed by atoms with Gasteiger partial charge in [0, 0.05) is 30.9 Å². The van der Waals surface area contributed by atoms with E-state index in [1.54, 1.807) is 13.3 Å². The summed E-state index contributed by atoms with van der Waals surface area (Å²) in [5.74, 6) is 0.310. The maximum atomic E-state index is 9.96. The number of aliphatic hydroxyl groups is 1. The molecule has 0 amide bonds. The molecule has 2 N–H and O–H groups in total. The number of aliphatic hydroxyl groups excluding tert-OH is 1. The topological polar surface area (TPSA) is 65.7 Å². The standard InChI is InChI=1S/C18H26N2O2/c1-6-17(21)15(11-22-5)14(4)20-10-16(19)18-12(2)8-7-9-13(18)3/h7-10,14,19,21H,6,11H2,1-5H3/b17-15+,19-16?,20-10-. The first-order chi connectivity index (χ1) is 10.4. The van der Waals surface area contributed by atoms with Gasteiger partial charge in [-0.05, 0) is 31.9 Å². The smallest absolute Gasteiger partial charge is 0.0956 e. The quantitative estimate of drug-likeness (QED) is 0.590. The van der Waals surface area contributed by atoms with E-state index in [-0.39, 0.29) is 6.04 Å². The summed E-state index contributed by atoms with van der Waals surface area (Å²) >= 11 is 0. The Morgan fingerprint density at radius 1 is 1.36 bits per heavy atom. The van der Waals surface area contributed by atoms with Gasteiger partial charge in [0.25, 0.3) is 0 Å². The molecule has 0 spiro atoms. The molecule has 0 fully saturated rings. The number of nitrogens with one attached hydrogen (secondary N) is 1. The minimum Gasteiger partial charge on any atom is -0.512 e. The van der Waals surface area contributed by atoms with Crippen LogP contribution in [0.4, 0.5) is 0 Å². The Morgan fingerprint density at radius 3 is 2.45 bits per heavy atom. The summed E-state index contributed by atoms with van der Waals surface area (Å²) in [6.45, 7) is 8.12. The number of nitrogens with zero attached hydrogens (tertiary/aromatic N) is 1. The minimum absolute atomic E-state index is 0.218. The van der Waals surface area contributed by atoms with Crippen LogP contribution < -0.4 is 0 Å². The van der Waals surface area contributed by atoms with Crippen LogP contribution >= 0.6 is 0 Å². The van der Waals surface area contributed by atoms with Crippen LogP contribution in [0.5, 0.6) is 0 Å². The molecule has 120 valence electrons. The van der Waals surface area contributed by atoms with Gasteiger partial charge in [-0.25, -0.2) is 0 Å². The van der Waals surface area contributed by atoms with Crippen molar-refractivity contribution in [2.24, 2.45) is 4.99 Å². The average Bonchev–Trinajstić information content (AvgIpc) is 2.49. The summed E-state index contributed by atoms with van der Waals surface area (Å²) in [5.41, 5.74) is 4.18. The molecule has 22 heavy (non-hydrogen) atoms. The Balaban J connectivity index is 2.98. The number of aliphatic imine (C=N–C) groups is 1. The van der Waals surface area contributed by atoms with Gasteiger partial charge in [0.05, 0.1) is 24.1 Å². The van der Waals surface area contributed by atoms with E-state index in [9.17, 15) is 5.11 Å². The van der Waals surface area contributed by atoms with Crippen LogP contribution in [0, 0.1) is 19.3 Å². The summed E-state index contributed by atoms with van der Waals surface area (Å²) in [5, 5.41) is 18.2. The molecular formula is C18H26N2O2. The van der Waals surface area contributed by atoms with Crippen molar-refractivity contribution in [1.29, 1.82) is 5.41 Å². The number of hydrogen-bond acceptors (Lipinski definition) is 4. The Labute approximate surface area is 133 Å². The molecule has 1 aromatic carbocycles. The van der Waals surface area contributed by atoms with E-state index in [2.05, 4.69) is 4.99 Å². The molecule has 1 rings (SSSR count). The van der Waals surface area contributed by atoms with E-state index < -0.39 is 0 Å². The van der Waals surface area contributed by atoms with Crippen LogP contribution in [0.25, 0.3) is 0 Å². The molecule has 0 bridgehead atoms. The highest BCUT2D eigenvalue weighted by molar-refractivity contribution is 6.37. The highest BCUT2D eigenvalue weighted by atomic mass is 16.5. The van der Waals surface area contributed by atoms with Crippen molar-refractivity contribution in [3.63, 3.8) is 0 Å². The van der Waals surface area contributed by atoms with Gasteiger partial charge in [-0.1, -0.05) is 25.1 Å². The number of allylic oxidation sites excluding steroid dienone is 1. The van der Waals surface area contributed by atoms with Crippen molar-refractivity contribution in [3.05, 3.63) is 46.2 Å². The lowest BCUT2D eigenvalue weighted by atomic mass is 9.99. The van der Waals surface area contributed by atoms with Crippen molar-refractivity contribution in [2.75, 3.05) is 13.7 Å². The fraction of sp³-hybridized carbons (Fsp3) is 0.444. The molecule has 0 saturated carbocycles. The lowest BCUT2D eigenvalue weighted by Crippen LogP contribution is -2.14. The SMILES string of the molecule is CC/C(O)=C(/COC)C(C)/N=C\C(=N)c1c(C)cccc1C. The summed E-state index contributed by atoms with van der Waals surface area (Å²) in [7, 11) is 1.60. The second-order valence-electron chi connectivity index (χ2n) is 5.39. The molecule has 1 unspecified atom stereocenters. The number of benzene rings is 1. The van der Waals surface area contributed by atoms with Crippen molar-refractivity contribution in [2.45, 2.75) is 40.2 Å². The Hall–Kier alpha value is -1.94. The van der Waals surface area contributed by atoms with E-state index in [0.717, 1.165) is 22.3 Å². The van der Waals surface area contributed by atoms with E-state index >= 15 is 0 Å². The molecule has 1 aromatic rings. The zero-order valence-corrected chi connectivity index (χ0v) is 14.1. The first kappa shape index (κ1) is 18.1. The zero-order chi connectivity index (χ0) is 16.7. The first-order valence-electron chi connectivity index (χ1n) is 7.50. The zero-order valence-electron chi connectivity index (χ0n) is 14.1. The van der Waals surface area contributed by atoms with Gasteiger partial charge in [-0.2, -0.15) is 0 Å². The first-order valence-corrected chi connectivity index (χ1v) is 7.50. The van der Waals surface area contributed by atoms with Gasteiger partial charge in [-0.15, -0.1) is 0 Å². The van der Waals surface area contributed by atoms with E-state index in [1.165, 1.54) is 0 Å². The fourth-order valence-electron chi connectivity index (χ4n) is 2.41. The number of hydrogen-bond donors (Lipinski definition) is 2. The summed E-state index contributed by atoms with van der Waals surface area (Å²) in [4.78, 5) is 4.42. The van der Waals surface area contributed by atoms with Crippen LogP contribution in [-0.2, 0) is 4.74 Å². The molecule has 0 aromatic heterocycles. The highest BCUT2D eigenvalue weighted by Gasteiger charge is 2.13. The molecule has 4 nitrogen and oxygen atoms in total. The van der Waals surface area contributed by atoms with Crippen LogP contribution in [-0.4, -0.2) is 36.8 Å². The largest absolute Gasteiger partial charge is 0.512 e. The molecule has 0 radical (unpaired) electrons. The molecule has 0 saturated heterocycles. The molecule has 0 aliphatic rings. The second-order valence-corrected chi connectivity index (χ2v) is 5.39. The number of aryl methyl sites for hydroxylation is 2. The summed E-state index contributed by atoms with van der Waals surface area (Å²) in [6.07, 6.45) is 2.12. The molecule has 1 atom stereocenters. The maximum absolute atomic E-state index is 9.96. The lowest BCUT2D eigenvalue weighted by molar-refractivity contribution is 0.214. The predicted octanol–water partition coefficient (Wildman–Crippen LogP) is 4.00. The van der Waals surface area contributed by atoms with Gasteiger partial charge in [0.2, 0.25) is 0 Å². The van der Waals surface area contributed by atoms with Crippen molar-refractivity contribution < 1.29 is 9.84 Å². The van der Waals surface area contributed by atoms with Crippen molar-refractivity contribution in [1.82, 2.24) is 0 Å². The fourth-order valence-corrected chi connectivity index (χ4v) is 2.41. The molecule has 0 aliphatic heterocycles. The molecular weight excluding hydrogens is 276 g/mol. The number of rotatable bonds is 7. The maximum Gasteiger partial charge on any atom is 0.0956 e. The number of methoxy groups -OCH3 is 1. The number of ether oxygens (including phenoxy) is 1. The third-order valence-corrected chi connectivity index (χ3v) is 3.69. The molecule has 4 heteroatoms. The minimum atomic E-state index is -0.218. The summed E-state index contributed by atoms with van der Waals surface area (Å²) < 4.78 is 5.13. The monoisotopic (exact) mass is 302 g/mol. The Morgan fingerprint density at radius 2 is 1.95 bits per heavy atom. The molecule has 0 aliphatic carbocycles. The molecule has 0 heterocycles. The Kier molecular flexibility index (Phi) is 6.99. The third kappa shape index (κ3) is 4.53. The van der Waals surface area contributed by atoms with Gasteiger partial charge >= 0.3 is 0 Å². The normalized spacial score (nSPS) is 14.0. The second kappa shape index (κ2) is 8.49. The summed E-state index contributed by atoms with van der Waals surface area (Å²) in [6, 6.07) is 5.75. The van der Waals surface area contributed by atoms with E-state index in [4.69, 9.17) is 10.1 Å². The van der Waals surface area contributed by atoms with Crippen LogP contribution in [0.2, 0.25) is 0 Å².